The van der Waals surface area contributed by atoms with Crippen molar-refractivity contribution in [3.8, 4) is 11.3 Å². The summed E-state index contributed by atoms with van der Waals surface area (Å²) in [5.41, 5.74) is 5.20. The molecule has 0 N–H and O–H groups in total. The minimum Gasteiger partial charge on any atom is -0.371 e. The normalized spacial score (nSPS) is 18.4. The van der Waals surface area contributed by atoms with E-state index in [0.29, 0.717) is 0 Å². The Morgan fingerprint density at radius 3 is 2.27 bits per heavy atom. The maximum Gasteiger partial charge on any atom is 0.0901 e. The molecule has 0 aliphatic carbocycles. The summed E-state index contributed by atoms with van der Waals surface area (Å²) < 4.78 is 0. The predicted octanol–water partition coefficient (Wildman–Crippen LogP) is 4.32. The van der Waals surface area contributed by atoms with Crippen molar-refractivity contribution in [2.75, 3.05) is 36.0 Å². The molecule has 1 aromatic carbocycles. The Labute approximate surface area is 136 Å². The molecule has 0 spiro atoms. The van der Waals surface area contributed by atoms with E-state index < -0.39 is 0 Å². The molecule has 2 aromatic rings. The first-order chi connectivity index (χ1) is 10.8. The molecule has 1 aromatic heterocycles. The van der Waals surface area contributed by atoms with Gasteiger partial charge in [0.2, 0.25) is 0 Å². The lowest BCUT2D eigenvalue weighted by Crippen LogP contribution is -2.21. The van der Waals surface area contributed by atoms with Crippen molar-refractivity contribution >= 4 is 22.7 Å². The zero-order valence-corrected chi connectivity index (χ0v) is 14.0. The largest absolute Gasteiger partial charge is 0.371 e. The quantitative estimate of drug-likeness (QED) is 0.841. The van der Waals surface area contributed by atoms with E-state index in [1.165, 1.54) is 68.8 Å². The second-order valence-electron chi connectivity index (χ2n) is 6.34. The number of hydrogen-bond donors (Lipinski definition) is 0. The molecule has 0 unspecified atom stereocenters. The molecule has 0 bridgehead atoms. The fraction of sp³-hybridized carbons (Fsp3) is 0.500. The second kappa shape index (κ2) is 5.92. The summed E-state index contributed by atoms with van der Waals surface area (Å²) in [7, 11) is 0. The highest BCUT2D eigenvalue weighted by atomic mass is 32.1. The minimum absolute atomic E-state index is 1.14. The van der Waals surface area contributed by atoms with Crippen molar-refractivity contribution in [2.24, 2.45) is 0 Å². The minimum atomic E-state index is 1.14. The van der Waals surface area contributed by atoms with Crippen LogP contribution in [0.25, 0.3) is 11.3 Å². The van der Waals surface area contributed by atoms with Gasteiger partial charge < -0.3 is 9.80 Å². The second-order valence-corrected chi connectivity index (χ2v) is 7.40. The molecule has 0 saturated carbocycles. The third-order valence-electron chi connectivity index (χ3n) is 4.79. The van der Waals surface area contributed by atoms with Crippen molar-refractivity contribution in [3.63, 3.8) is 0 Å². The Morgan fingerprint density at radius 1 is 0.955 bits per heavy atom. The molecule has 2 aliphatic heterocycles. The molecular weight excluding hydrogens is 290 g/mol. The smallest absolute Gasteiger partial charge is 0.0901 e. The number of anilines is 2. The molecule has 3 heterocycles. The number of hydrogen-bond acceptors (Lipinski definition) is 4. The van der Waals surface area contributed by atoms with E-state index >= 15 is 0 Å². The lowest BCUT2D eigenvalue weighted by Gasteiger charge is -2.25. The van der Waals surface area contributed by atoms with E-state index in [1.54, 1.807) is 11.3 Å². The van der Waals surface area contributed by atoms with E-state index in [4.69, 9.17) is 4.98 Å². The van der Waals surface area contributed by atoms with Crippen LogP contribution >= 0.6 is 11.3 Å². The fourth-order valence-electron chi connectivity index (χ4n) is 3.62. The Morgan fingerprint density at radius 2 is 1.64 bits per heavy atom. The van der Waals surface area contributed by atoms with Gasteiger partial charge in [-0.1, -0.05) is 0 Å². The molecule has 2 saturated heterocycles. The Balaban J connectivity index is 1.76. The molecule has 2 fully saturated rings. The molecule has 3 nitrogen and oxygen atoms in total. The molecule has 0 amide bonds. The van der Waals surface area contributed by atoms with Gasteiger partial charge in [-0.2, -0.15) is 0 Å². The number of thiazole rings is 1. The predicted molar refractivity (Wildman–Crippen MR) is 95.2 cm³/mol. The lowest BCUT2D eigenvalue weighted by molar-refractivity contribution is 0.949. The van der Waals surface area contributed by atoms with Crippen molar-refractivity contribution in [3.05, 3.63) is 28.6 Å². The summed E-state index contributed by atoms with van der Waals surface area (Å²) in [5.74, 6) is 0. The number of aromatic nitrogens is 1. The SMILES string of the molecule is Cc1nc(-c2ccc(N3CCCC3)cc2N2CCCC2)cs1. The molecule has 2 aliphatic rings. The van der Waals surface area contributed by atoms with E-state index in [0.717, 1.165) is 10.7 Å². The summed E-state index contributed by atoms with van der Waals surface area (Å²) in [6.45, 7) is 6.85. The van der Waals surface area contributed by atoms with Crippen LogP contribution in [0.4, 0.5) is 11.4 Å². The standard InChI is InChI=1S/C18H23N3S/c1-14-19-17(13-22-14)16-7-6-15(20-8-2-3-9-20)12-18(16)21-10-4-5-11-21/h6-7,12-13H,2-5,8-11H2,1H3. The van der Waals surface area contributed by atoms with Crippen molar-refractivity contribution in [1.29, 1.82) is 0 Å². The number of nitrogens with zero attached hydrogens (tertiary/aromatic N) is 3. The first-order valence-electron chi connectivity index (χ1n) is 8.38. The third kappa shape index (κ3) is 2.60. The van der Waals surface area contributed by atoms with Crippen LogP contribution in [-0.4, -0.2) is 31.2 Å². The summed E-state index contributed by atoms with van der Waals surface area (Å²) in [6, 6.07) is 6.98. The molecule has 0 radical (unpaired) electrons. The molecular formula is C18H23N3S. The molecule has 4 rings (SSSR count). The van der Waals surface area contributed by atoms with Crippen LogP contribution in [-0.2, 0) is 0 Å². The van der Waals surface area contributed by atoms with Gasteiger partial charge in [-0.05, 0) is 50.8 Å². The van der Waals surface area contributed by atoms with Gasteiger partial charge in [-0.3, -0.25) is 0 Å². The van der Waals surface area contributed by atoms with Crippen LogP contribution in [0.3, 0.4) is 0 Å². The number of aryl methyl sites for hydroxylation is 1. The molecule has 22 heavy (non-hydrogen) atoms. The van der Waals surface area contributed by atoms with E-state index in [9.17, 15) is 0 Å². The first-order valence-corrected chi connectivity index (χ1v) is 9.26. The van der Waals surface area contributed by atoms with E-state index in [2.05, 4.69) is 40.3 Å². The van der Waals surface area contributed by atoms with Crippen LogP contribution in [0.15, 0.2) is 23.6 Å². The monoisotopic (exact) mass is 313 g/mol. The Kier molecular flexibility index (Phi) is 3.78. The van der Waals surface area contributed by atoms with Gasteiger partial charge in [0.25, 0.3) is 0 Å². The van der Waals surface area contributed by atoms with E-state index in [-0.39, 0.29) is 0 Å². The fourth-order valence-corrected chi connectivity index (χ4v) is 4.23. The number of rotatable bonds is 3. The van der Waals surface area contributed by atoms with Gasteiger partial charge in [0.1, 0.15) is 0 Å². The van der Waals surface area contributed by atoms with Crippen LogP contribution in [0.1, 0.15) is 30.7 Å². The molecule has 116 valence electrons. The first kappa shape index (κ1) is 14.1. The highest BCUT2D eigenvalue weighted by molar-refractivity contribution is 7.09. The lowest BCUT2D eigenvalue weighted by atomic mass is 10.1. The van der Waals surface area contributed by atoms with Gasteiger partial charge in [-0.25, -0.2) is 4.98 Å². The van der Waals surface area contributed by atoms with Crippen molar-refractivity contribution in [1.82, 2.24) is 4.98 Å². The van der Waals surface area contributed by atoms with E-state index in [1.807, 2.05) is 0 Å². The van der Waals surface area contributed by atoms with Crippen LogP contribution in [0, 0.1) is 6.92 Å². The Hall–Kier alpha value is -1.55. The average Bonchev–Trinajstić information content (AvgIpc) is 3.29. The number of benzene rings is 1. The van der Waals surface area contributed by atoms with Gasteiger partial charge >= 0.3 is 0 Å². The molecule has 4 heteroatoms. The highest BCUT2D eigenvalue weighted by Gasteiger charge is 2.20. The van der Waals surface area contributed by atoms with Crippen LogP contribution < -0.4 is 9.80 Å². The van der Waals surface area contributed by atoms with Gasteiger partial charge in [0, 0.05) is 48.5 Å². The van der Waals surface area contributed by atoms with Gasteiger partial charge in [0.05, 0.1) is 10.7 Å². The summed E-state index contributed by atoms with van der Waals surface area (Å²) in [4.78, 5) is 9.79. The maximum atomic E-state index is 4.72. The van der Waals surface area contributed by atoms with Crippen molar-refractivity contribution in [2.45, 2.75) is 32.6 Å². The zero-order valence-electron chi connectivity index (χ0n) is 13.2. The summed E-state index contributed by atoms with van der Waals surface area (Å²) in [5, 5.41) is 3.34. The van der Waals surface area contributed by atoms with Gasteiger partial charge in [-0.15, -0.1) is 11.3 Å². The third-order valence-corrected chi connectivity index (χ3v) is 5.57. The zero-order chi connectivity index (χ0) is 14.9. The summed E-state index contributed by atoms with van der Waals surface area (Å²) in [6.07, 6.45) is 5.27. The van der Waals surface area contributed by atoms with Gasteiger partial charge in [0.15, 0.2) is 0 Å². The highest BCUT2D eigenvalue weighted by Crippen LogP contribution is 2.37. The Bertz CT molecular complexity index is 652. The topological polar surface area (TPSA) is 19.4 Å². The molecule has 0 atom stereocenters. The average molecular weight is 313 g/mol. The summed E-state index contributed by atoms with van der Waals surface area (Å²) >= 11 is 1.74. The van der Waals surface area contributed by atoms with Crippen LogP contribution in [0.5, 0.6) is 0 Å². The maximum absolute atomic E-state index is 4.72. The van der Waals surface area contributed by atoms with Crippen LogP contribution in [0.2, 0.25) is 0 Å². The van der Waals surface area contributed by atoms with Crippen molar-refractivity contribution < 1.29 is 0 Å².